The summed E-state index contributed by atoms with van der Waals surface area (Å²) in [6.45, 7) is 1.13. The Hall–Kier alpha value is -3.24. The minimum atomic E-state index is -4.83. The van der Waals surface area contributed by atoms with Crippen LogP contribution < -0.4 is 10.2 Å². The summed E-state index contributed by atoms with van der Waals surface area (Å²) in [7, 11) is 0. The fourth-order valence-electron chi connectivity index (χ4n) is 4.50. The van der Waals surface area contributed by atoms with E-state index in [0.717, 1.165) is 5.69 Å². The molecular formula is C24H19Cl2F4N5O. The molecule has 2 aromatic carbocycles. The predicted octanol–water partition coefficient (Wildman–Crippen LogP) is 5.51. The molecule has 1 unspecified atom stereocenters. The van der Waals surface area contributed by atoms with Gasteiger partial charge in [0.1, 0.15) is 23.4 Å². The average Bonchev–Trinajstić information content (AvgIpc) is 3.33. The van der Waals surface area contributed by atoms with Crippen LogP contribution in [0.5, 0.6) is 0 Å². The summed E-state index contributed by atoms with van der Waals surface area (Å²) in [5.74, 6) is -1.03. The van der Waals surface area contributed by atoms with E-state index in [4.69, 9.17) is 23.2 Å². The topological polar surface area (TPSA) is 53.4 Å². The van der Waals surface area contributed by atoms with Crippen LogP contribution in [0.3, 0.4) is 0 Å². The monoisotopic (exact) mass is 539 g/mol. The Labute approximate surface area is 213 Å². The minimum absolute atomic E-state index is 0.0936. The van der Waals surface area contributed by atoms with Crippen molar-refractivity contribution in [3.8, 4) is 0 Å². The number of benzene rings is 2. The van der Waals surface area contributed by atoms with E-state index in [-0.39, 0.29) is 34.8 Å². The highest BCUT2D eigenvalue weighted by atomic mass is 35.5. The molecule has 36 heavy (non-hydrogen) atoms. The Morgan fingerprint density at radius 2 is 1.67 bits per heavy atom. The fraction of sp³-hybridized carbons (Fsp3) is 0.250. The number of rotatable bonds is 3. The lowest BCUT2D eigenvalue weighted by Crippen LogP contribution is -2.51. The van der Waals surface area contributed by atoms with Gasteiger partial charge in [-0.15, -0.1) is 0 Å². The van der Waals surface area contributed by atoms with Crippen molar-refractivity contribution in [1.29, 1.82) is 0 Å². The third-order valence-corrected chi connectivity index (χ3v) is 6.98. The van der Waals surface area contributed by atoms with Crippen LogP contribution in [0.2, 0.25) is 10.0 Å². The first kappa shape index (κ1) is 24.5. The number of amides is 1. The molecule has 1 N–H and O–H groups in total. The van der Waals surface area contributed by atoms with Gasteiger partial charge >= 0.3 is 6.18 Å². The minimum Gasteiger partial charge on any atom is -0.368 e. The smallest absolute Gasteiger partial charge is 0.368 e. The van der Waals surface area contributed by atoms with E-state index in [1.54, 1.807) is 12.1 Å². The van der Waals surface area contributed by atoms with E-state index in [0.29, 0.717) is 18.7 Å². The SMILES string of the molecule is O=C(C1=C(C(F)(F)F)Nc2ccnn2C1c1ccc(Cl)c(Cl)c1)N1CCN(c2ccc(F)cc2)CC1. The highest BCUT2D eigenvalue weighted by molar-refractivity contribution is 6.42. The molecule has 3 aromatic rings. The van der Waals surface area contributed by atoms with Gasteiger partial charge in [0.25, 0.3) is 5.91 Å². The van der Waals surface area contributed by atoms with E-state index in [2.05, 4.69) is 10.4 Å². The van der Waals surface area contributed by atoms with Crippen LogP contribution in [0.1, 0.15) is 11.6 Å². The number of fused-ring (bicyclic) bond motifs is 1. The number of nitrogens with zero attached hydrogens (tertiary/aromatic N) is 4. The number of nitrogens with one attached hydrogen (secondary N) is 1. The largest absolute Gasteiger partial charge is 0.431 e. The first-order valence-electron chi connectivity index (χ1n) is 11.0. The third kappa shape index (κ3) is 4.51. The van der Waals surface area contributed by atoms with Gasteiger partial charge in [-0.05, 0) is 42.0 Å². The highest BCUT2D eigenvalue weighted by Gasteiger charge is 2.46. The zero-order valence-electron chi connectivity index (χ0n) is 18.6. The molecule has 1 fully saturated rings. The molecule has 3 heterocycles. The van der Waals surface area contributed by atoms with E-state index < -0.39 is 29.4 Å². The highest BCUT2D eigenvalue weighted by Crippen LogP contribution is 2.43. The van der Waals surface area contributed by atoms with Gasteiger partial charge in [0.15, 0.2) is 0 Å². The quantitative estimate of drug-likeness (QED) is 0.446. The van der Waals surface area contributed by atoms with Crippen molar-refractivity contribution in [2.45, 2.75) is 12.2 Å². The first-order chi connectivity index (χ1) is 17.1. The molecule has 188 valence electrons. The van der Waals surface area contributed by atoms with Crippen molar-refractivity contribution >= 4 is 40.6 Å². The summed E-state index contributed by atoms with van der Waals surface area (Å²) in [6.07, 6.45) is -3.47. The van der Waals surface area contributed by atoms with Crippen LogP contribution in [0, 0.1) is 5.82 Å². The number of alkyl halides is 3. The third-order valence-electron chi connectivity index (χ3n) is 6.24. The summed E-state index contributed by atoms with van der Waals surface area (Å²) >= 11 is 12.2. The van der Waals surface area contributed by atoms with Crippen LogP contribution in [0.25, 0.3) is 0 Å². The van der Waals surface area contributed by atoms with Crippen LogP contribution in [-0.2, 0) is 4.79 Å². The maximum absolute atomic E-state index is 14.3. The van der Waals surface area contributed by atoms with Gasteiger partial charge in [-0.25, -0.2) is 9.07 Å². The second-order valence-corrected chi connectivity index (χ2v) is 9.22. The zero-order valence-corrected chi connectivity index (χ0v) is 20.1. The van der Waals surface area contributed by atoms with Crippen molar-refractivity contribution in [2.75, 3.05) is 36.4 Å². The van der Waals surface area contributed by atoms with E-state index in [1.165, 1.54) is 52.2 Å². The number of hydrogen-bond donors (Lipinski definition) is 1. The summed E-state index contributed by atoms with van der Waals surface area (Å²) in [4.78, 5) is 17.1. The number of piperazine rings is 1. The summed E-state index contributed by atoms with van der Waals surface area (Å²) in [6, 6.07) is 10.6. The molecule has 0 saturated carbocycles. The molecule has 0 bridgehead atoms. The van der Waals surface area contributed by atoms with E-state index in [9.17, 15) is 22.4 Å². The van der Waals surface area contributed by atoms with Crippen LogP contribution in [0.15, 0.2) is 66.0 Å². The standard InChI is InChI=1S/C24H19Cl2F4N5O/c25-17-6-1-14(13-18(17)26)21-20(22(24(28,29)30)32-19-7-8-31-35(19)21)23(36)34-11-9-33(10-12-34)16-4-2-15(27)3-5-16/h1-8,13,21,32H,9-12H2. The van der Waals surface area contributed by atoms with Crippen molar-refractivity contribution < 1.29 is 22.4 Å². The van der Waals surface area contributed by atoms with E-state index >= 15 is 0 Å². The summed E-state index contributed by atoms with van der Waals surface area (Å²) in [5, 5.41) is 6.93. The molecule has 0 spiro atoms. The molecular weight excluding hydrogens is 521 g/mol. The van der Waals surface area contributed by atoms with Gasteiger partial charge in [0.05, 0.1) is 21.8 Å². The second-order valence-electron chi connectivity index (χ2n) is 8.40. The van der Waals surface area contributed by atoms with Crippen LogP contribution >= 0.6 is 23.2 Å². The number of hydrogen-bond acceptors (Lipinski definition) is 4. The first-order valence-corrected chi connectivity index (χ1v) is 11.8. The van der Waals surface area contributed by atoms with Gasteiger partial charge in [-0.2, -0.15) is 18.3 Å². The molecule has 2 aliphatic rings. The Kier molecular flexibility index (Phi) is 6.34. The Morgan fingerprint density at radius 1 is 0.972 bits per heavy atom. The summed E-state index contributed by atoms with van der Waals surface area (Å²) in [5.41, 5.74) is -0.511. The maximum atomic E-state index is 14.3. The number of aromatic nitrogens is 2. The van der Waals surface area contributed by atoms with Crippen LogP contribution in [-0.4, -0.2) is 52.9 Å². The zero-order chi connectivity index (χ0) is 25.6. The van der Waals surface area contributed by atoms with Crippen molar-refractivity contribution in [3.05, 3.63) is 87.4 Å². The molecule has 0 aliphatic carbocycles. The molecule has 1 amide bonds. The van der Waals surface area contributed by atoms with Gasteiger partial charge in [-0.3, -0.25) is 4.79 Å². The molecule has 5 rings (SSSR count). The summed E-state index contributed by atoms with van der Waals surface area (Å²) < 4.78 is 57.4. The molecule has 12 heteroatoms. The molecule has 0 radical (unpaired) electrons. The number of allylic oxidation sites excluding steroid dienone is 1. The van der Waals surface area contributed by atoms with Crippen LogP contribution in [0.4, 0.5) is 29.1 Å². The fourth-order valence-corrected chi connectivity index (χ4v) is 4.81. The molecule has 2 aliphatic heterocycles. The molecule has 6 nitrogen and oxygen atoms in total. The van der Waals surface area contributed by atoms with Crippen molar-refractivity contribution in [2.24, 2.45) is 0 Å². The second kappa shape index (κ2) is 9.33. The predicted molar refractivity (Wildman–Crippen MR) is 129 cm³/mol. The molecule has 1 saturated heterocycles. The lowest BCUT2D eigenvalue weighted by molar-refractivity contribution is -0.129. The Bertz CT molecular complexity index is 1330. The van der Waals surface area contributed by atoms with Crippen molar-refractivity contribution in [3.63, 3.8) is 0 Å². The lowest BCUT2D eigenvalue weighted by Gasteiger charge is -2.39. The Morgan fingerprint density at radius 3 is 2.31 bits per heavy atom. The number of carbonyl (C=O) groups excluding carboxylic acids is 1. The van der Waals surface area contributed by atoms with Gasteiger partial charge in [0, 0.05) is 37.9 Å². The number of anilines is 2. The van der Waals surface area contributed by atoms with Crippen molar-refractivity contribution in [1.82, 2.24) is 14.7 Å². The van der Waals surface area contributed by atoms with Gasteiger partial charge in [-0.1, -0.05) is 29.3 Å². The van der Waals surface area contributed by atoms with Gasteiger partial charge < -0.3 is 15.1 Å². The average molecular weight is 540 g/mol. The van der Waals surface area contributed by atoms with E-state index in [1.807, 2.05) is 4.90 Å². The lowest BCUT2D eigenvalue weighted by atomic mass is 9.93. The van der Waals surface area contributed by atoms with Gasteiger partial charge in [0.2, 0.25) is 0 Å². The molecule has 1 aromatic heterocycles. The molecule has 1 atom stereocenters. The Balaban J connectivity index is 1.51. The number of halogens is 6. The number of carbonyl (C=O) groups is 1. The normalized spacial score (nSPS) is 18.2. The maximum Gasteiger partial charge on any atom is 0.431 e.